The van der Waals surface area contributed by atoms with E-state index in [0.717, 1.165) is 11.3 Å². The predicted octanol–water partition coefficient (Wildman–Crippen LogP) is 2.41. The number of carbonyl (C=O) groups is 2. The molecule has 1 saturated heterocycles. The van der Waals surface area contributed by atoms with E-state index in [9.17, 15) is 9.59 Å². The molecule has 0 aliphatic carbocycles. The number of esters is 1. The number of carbonyl (C=O) groups excluding carboxylic acids is 2. The monoisotopic (exact) mass is 342 g/mol. The molecular weight excluding hydrogens is 320 g/mol. The summed E-state index contributed by atoms with van der Waals surface area (Å²) in [6.45, 7) is 3.08. The minimum atomic E-state index is -0.258. The molecule has 2 aromatic carbocycles. The SMILES string of the molecule is Cc1ccccc1N(C)C(=O)c1ccc(N)cc1.O=C1COCCO1. The van der Waals surface area contributed by atoms with E-state index in [1.165, 1.54) is 0 Å². The van der Waals surface area contributed by atoms with Gasteiger partial charge in [0.05, 0.1) is 6.61 Å². The molecule has 0 saturated carbocycles. The molecule has 6 heteroatoms. The normalized spacial score (nSPS) is 13.3. The Morgan fingerprint density at radius 1 is 1.08 bits per heavy atom. The van der Waals surface area contributed by atoms with E-state index in [-0.39, 0.29) is 18.5 Å². The molecule has 0 aromatic heterocycles. The van der Waals surface area contributed by atoms with Crippen LogP contribution in [0, 0.1) is 6.92 Å². The van der Waals surface area contributed by atoms with Gasteiger partial charge in [0.25, 0.3) is 5.91 Å². The van der Waals surface area contributed by atoms with Crippen molar-refractivity contribution in [3.8, 4) is 0 Å². The Morgan fingerprint density at radius 3 is 2.28 bits per heavy atom. The van der Waals surface area contributed by atoms with Crippen molar-refractivity contribution in [1.82, 2.24) is 0 Å². The fourth-order valence-electron chi connectivity index (χ4n) is 2.28. The zero-order valence-corrected chi connectivity index (χ0v) is 14.4. The van der Waals surface area contributed by atoms with Crippen molar-refractivity contribution in [3.05, 3.63) is 59.7 Å². The van der Waals surface area contributed by atoms with Gasteiger partial charge in [-0.3, -0.25) is 4.79 Å². The van der Waals surface area contributed by atoms with Gasteiger partial charge in [0.1, 0.15) is 13.2 Å². The van der Waals surface area contributed by atoms with E-state index in [0.29, 0.717) is 24.5 Å². The molecule has 3 rings (SSSR count). The highest BCUT2D eigenvalue weighted by Gasteiger charge is 2.14. The van der Waals surface area contributed by atoms with Crippen LogP contribution in [0.5, 0.6) is 0 Å². The molecule has 1 aliphatic rings. The number of anilines is 2. The number of hydrogen-bond acceptors (Lipinski definition) is 5. The lowest BCUT2D eigenvalue weighted by Crippen LogP contribution is -2.26. The molecule has 25 heavy (non-hydrogen) atoms. The lowest BCUT2D eigenvalue weighted by molar-refractivity contribution is -0.159. The lowest BCUT2D eigenvalue weighted by atomic mass is 10.1. The van der Waals surface area contributed by atoms with Crippen LogP contribution in [0.3, 0.4) is 0 Å². The number of cyclic esters (lactones) is 1. The molecule has 0 atom stereocenters. The summed E-state index contributed by atoms with van der Waals surface area (Å²) in [5, 5.41) is 0. The van der Waals surface area contributed by atoms with Crippen LogP contribution in [-0.4, -0.2) is 38.7 Å². The van der Waals surface area contributed by atoms with Crippen LogP contribution >= 0.6 is 0 Å². The van der Waals surface area contributed by atoms with Crippen LogP contribution in [0.1, 0.15) is 15.9 Å². The topological polar surface area (TPSA) is 81.9 Å². The molecule has 6 nitrogen and oxygen atoms in total. The van der Waals surface area contributed by atoms with Gasteiger partial charge >= 0.3 is 5.97 Å². The molecule has 0 bridgehead atoms. The average Bonchev–Trinajstić information content (AvgIpc) is 2.63. The predicted molar refractivity (Wildman–Crippen MR) is 96.5 cm³/mol. The third-order valence-corrected chi connectivity index (χ3v) is 3.65. The molecule has 2 aromatic rings. The second-order valence-electron chi connectivity index (χ2n) is 5.55. The number of rotatable bonds is 2. The van der Waals surface area contributed by atoms with E-state index < -0.39 is 0 Å². The Hall–Kier alpha value is -2.86. The van der Waals surface area contributed by atoms with Crippen LogP contribution in [0.25, 0.3) is 0 Å². The number of aryl methyl sites for hydroxylation is 1. The first-order chi connectivity index (χ1) is 12.0. The van der Waals surface area contributed by atoms with Crippen LogP contribution < -0.4 is 10.6 Å². The maximum Gasteiger partial charge on any atom is 0.332 e. The quantitative estimate of drug-likeness (QED) is 0.669. The van der Waals surface area contributed by atoms with Gasteiger partial charge in [0, 0.05) is 24.0 Å². The highest BCUT2D eigenvalue weighted by molar-refractivity contribution is 6.06. The first-order valence-electron chi connectivity index (χ1n) is 7.91. The lowest BCUT2D eigenvalue weighted by Gasteiger charge is -2.19. The maximum atomic E-state index is 12.3. The molecule has 0 spiro atoms. The Kier molecular flexibility index (Phi) is 6.54. The smallest absolute Gasteiger partial charge is 0.332 e. The number of hydrogen-bond donors (Lipinski definition) is 1. The number of nitrogens with two attached hydrogens (primary N) is 1. The maximum absolute atomic E-state index is 12.3. The molecule has 0 unspecified atom stereocenters. The molecule has 1 aliphatic heterocycles. The number of amides is 1. The Balaban J connectivity index is 0.000000269. The molecule has 1 amide bonds. The summed E-state index contributed by atoms with van der Waals surface area (Å²) < 4.78 is 9.22. The second-order valence-corrected chi connectivity index (χ2v) is 5.55. The van der Waals surface area contributed by atoms with E-state index in [1.807, 2.05) is 31.2 Å². The summed E-state index contributed by atoms with van der Waals surface area (Å²) in [6.07, 6.45) is 0. The zero-order valence-electron chi connectivity index (χ0n) is 14.4. The number of nitrogens with zero attached hydrogens (tertiary/aromatic N) is 1. The van der Waals surface area contributed by atoms with Gasteiger partial charge in [-0.05, 0) is 42.8 Å². The number of benzene rings is 2. The van der Waals surface area contributed by atoms with E-state index >= 15 is 0 Å². The van der Waals surface area contributed by atoms with Crippen LogP contribution in [0.2, 0.25) is 0 Å². The van der Waals surface area contributed by atoms with Crippen molar-refractivity contribution in [2.24, 2.45) is 0 Å². The van der Waals surface area contributed by atoms with Gasteiger partial charge in [-0.25, -0.2) is 4.79 Å². The Morgan fingerprint density at radius 2 is 1.76 bits per heavy atom. The fraction of sp³-hybridized carbons (Fsp3) is 0.263. The number of para-hydroxylation sites is 1. The molecule has 1 fully saturated rings. The third kappa shape index (κ3) is 5.32. The third-order valence-electron chi connectivity index (χ3n) is 3.65. The summed E-state index contributed by atoms with van der Waals surface area (Å²) in [7, 11) is 1.78. The first-order valence-corrected chi connectivity index (χ1v) is 7.91. The van der Waals surface area contributed by atoms with Crippen molar-refractivity contribution in [1.29, 1.82) is 0 Å². The van der Waals surface area contributed by atoms with Crippen LogP contribution in [-0.2, 0) is 14.3 Å². The molecule has 2 N–H and O–H groups in total. The van der Waals surface area contributed by atoms with Crippen molar-refractivity contribution in [2.75, 3.05) is 37.5 Å². The summed E-state index contributed by atoms with van der Waals surface area (Å²) >= 11 is 0. The highest BCUT2D eigenvalue weighted by Crippen LogP contribution is 2.20. The number of ether oxygens (including phenoxy) is 2. The van der Waals surface area contributed by atoms with Gasteiger partial charge in [0.15, 0.2) is 0 Å². The standard InChI is InChI=1S/C15H16N2O.C4H6O3/c1-11-5-3-4-6-14(11)17(2)15(18)12-7-9-13(16)10-8-12;5-4-3-6-1-2-7-4/h3-10H,16H2,1-2H3;1-3H2. The fourth-order valence-corrected chi connectivity index (χ4v) is 2.28. The van der Waals surface area contributed by atoms with Crippen molar-refractivity contribution in [3.63, 3.8) is 0 Å². The summed E-state index contributed by atoms with van der Waals surface area (Å²) in [5.41, 5.74) is 8.89. The Bertz CT molecular complexity index is 720. The Labute approximate surface area is 147 Å². The van der Waals surface area contributed by atoms with Crippen molar-refractivity contribution in [2.45, 2.75) is 6.92 Å². The molecule has 132 valence electrons. The zero-order chi connectivity index (χ0) is 18.2. The minimum absolute atomic E-state index is 0.0377. The largest absolute Gasteiger partial charge is 0.462 e. The summed E-state index contributed by atoms with van der Waals surface area (Å²) in [6, 6.07) is 14.8. The van der Waals surface area contributed by atoms with E-state index in [1.54, 1.807) is 36.2 Å². The highest BCUT2D eigenvalue weighted by atomic mass is 16.6. The van der Waals surface area contributed by atoms with Gasteiger partial charge in [-0.2, -0.15) is 0 Å². The molecule has 0 radical (unpaired) electrons. The summed E-state index contributed by atoms with van der Waals surface area (Å²) in [5.74, 6) is -0.296. The number of nitrogen functional groups attached to an aromatic ring is 1. The van der Waals surface area contributed by atoms with Gasteiger partial charge in [-0.1, -0.05) is 18.2 Å². The van der Waals surface area contributed by atoms with Crippen molar-refractivity contribution >= 4 is 23.3 Å². The second kappa shape index (κ2) is 8.84. The van der Waals surface area contributed by atoms with Crippen LogP contribution in [0.4, 0.5) is 11.4 Å². The van der Waals surface area contributed by atoms with Gasteiger partial charge in [-0.15, -0.1) is 0 Å². The minimum Gasteiger partial charge on any atom is -0.462 e. The van der Waals surface area contributed by atoms with Gasteiger partial charge in [0.2, 0.25) is 0 Å². The molecular formula is C19H22N2O4. The van der Waals surface area contributed by atoms with Gasteiger partial charge < -0.3 is 20.1 Å². The van der Waals surface area contributed by atoms with E-state index in [4.69, 9.17) is 10.5 Å². The molecule has 1 heterocycles. The van der Waals surface area contributed by atoms with Crippen molar-refractivity contribution < 1.29 is 19.1 Å². The summed E-state index contributed by atoms with van der Waals surface area (Å²) in [4.78, 5) is 24.1. The van der Waals surface area contributed by atoms with E-state index in [2.05, 4.69) is 4.74 Å². The van der Waals surface area contributed by atoms with Crippen LogP contribution in [0.15, 0.2) is 48.5 Å². The average molecular weight is 342 g/mol. The first kappa shape index (κ1) is 18.5.